The van der Waals surface area contributed by atoms with E-state index in [0.29, 0.717) is 19.3 Å². The minimum atomic E-state index is -1.69. The smallest absolute Gasteiger partial charge is 0.306 e. The lowest BCUT2D eigenvalue weighted by Crippen LogP contribution is -2.64. The van der Waals surface area contributed by atoms with Crippen molar-refractivity contribution in [3.05, 3.63) is 0 Å². The standard InChI is InChI=1S/C63H121NO9/c1-6-9-12-15-18-21-24-27-30-33-36-39-42-45-48-51-56(65)70-55(54-64(4)5)60-59(68)61(71-57(66)52-49-46-43-40-37-34-31-28-25-22-19-16-13-10-7-2)62(63(69)73-60)72-58(67)53-50-47-44-41-38-35-32-29-26-23-20-17-14-11-8-3/h55,59-63,68-69H,6-54H2,1-5H3/t55?,59-,60-,61+,62-,63-/m1/s1. The number of aliphatic hydroxyl groups is 2. The molecule has 1 rings (SSSR count). The molecule has 0 aliphatic carbocycles. The van der Waals surface area contributed by atoms with Crippen LogP contribution in [-0.4, -0.2) is 90.5 Å². The maximum atomic E-state index is 13.4. The van der Waals surface area contributed by atoms with E-state index in [-0.39, 0.29) is 25.8 Å². The number of esters is 3. The topological polar surface area (TPSA) is 132 Å². The van der Waals surface area contributed by atoms with Gasteiger partial charge in [-0.15, -0.1) is 0 Å². The quantitative estimate of drug-likeness (QED) is 0.0345. The van der Waals surface area contributed by atoms with Gasteiger partial charge in [0.2, 0.25) is 0 Å². The summed E-state index contributed by atoms with van der Waals surface area (Å²) in [6.07, 6.45) is 47.5. The van der Waals surface area contributed by atoms with E-state index in [1.54, 1.807) is 0 Å². The second kappa shape index (κ2) is 51.0. The Morgan fingerprint density at radius 2 is 0.630 bits per heavy atom. The van der Waals surface area contributed by atoms with Crippen molar-refractivity contribution in [2.45, 2.75) is 366 Å². The van der Waals surface area contributed by atoms with Crippen molar-refractivity contribution < 1.29 is 43.5 Å². The number of ether oxygens (including phenoxy) is 4. The highest BCUT2D eigenvalue weighted by Gasteiger charge is 2.52. The van der Waals surface area contributed by atoms with E-state index in [4.69, 9.17) is 18.9 Å². The number of nitrogens with zero attached hydrogens (tertiary/aromatic N) is 1. The van der Waals surface area contributed by atoms with E-state index in [0.717, 1.165) is 51.4 Å². The van der Waals surface area contributed by atoms with Crippen LogP contribution in [0.1, 0.15) is 329 Å². The van der Waals surface area contributed by atoms with Gasteiger partial charge in [0.25, 0.3) is 0 Å². The third-order valence-corrected chi connectivity index (χ3v) is 15.3. The lowest BCUT2D eigenvalue weighted by molar-refractivity contribution is -0.304. The van der Waals surface area contributed by atoms with Gasteiger partial charge in [0, 0.05) is 25.8 Å². The number of aliphatic hydroxyl groups excluding tert-OH is 2. The molecule has 1 aliphatic rings. The van der Waals surface area contributed by atoms with Crippen molar-refractivity contribution in [1.82, 2.24) is 4.90 Å². The fraction of sp³-hybridized carbons (Fsp3) is 0.952. The number of hydrogen-bond acceptors (Lipinski definition) is 10. The molecule has 0 aromatic rings. The molecular formula is C63H121NO9. The Balaban J connectivity index is 2.67. The summed E-state index contributed by atoms with van der Waals surface area (Å²) in [4.78, 5) is 41.8. The molecule has 1 fully saturated rings. The van der Waals surface area contributed by atoms with Crippen LogP contribution in [0, 0.1) is 0 Å². The Labute approximate surface area is 451 Å². The minimum Gasteiger partial charge on any atom is -0.458 e. The van der Waals surface area contributed by atoms with Crippen LogP contribution in [0.2, 0.25) is 0 Å². The number of likely N-dealkylation sites (N-methyl/N-ethyl adjacent to an activating group) is 1. The summed E-state index contributed by atoms with van der Waals surface area (Å²) in [5.41, 5.74) is 0. The van der Waals surface area contributed by atoms with Gasteiger partial charge in [0.1, 0.15) is 18.3 Å². The molecule has 0 radical (unpaired) electrons. The van der Waals surface area contributed by atoms with E-state index in [1.807, 2.05) is 19.0 Å². The molecular weight excluding hydrogens is 915 g/mol. The Kier molecular flexibility index (Phi) is 48.4. The third-order valence-electron chi connectivity index (χ3n) is 15.3. The first kappa shape index (κ1) is 69.3. The largest absolute Gasteiger partial charge is 0.458 e. The number of carbonyl (C=O) groups excluding carboxylic acids is 3. The predicted molar refractivity (Wildman–Crippen MR) is 304 cm³/mol. The number of hydrogen-bond donors (Lipinski definition) is 2. The molecule has 0 bridgehead atoms. The first-order valence-corrected chi connectivity index (χ1v) is 31.9. The zero-order valence-corrected chi connectivity index (χ0v) is 48.8. The summed E-state index contributed by atoms with van der Waals surface area (Å²) in [6.45, 7) is 7.00. The molecule has 0 amide bonds. The maximum Gasteiger partial charge on any atom is 0.306 e. The molecule has 1 aliphatic heterocycles. The highest BCUT2D eigenvalue weighted by atomic mass is 16.7. The zero-order valence-electron chi connectivity index (χ0n) is 48.8. The number of carbonyl (C=O) groups is 3. The maximum absolute atomic E-state index is 13.4. The number of unbranched alkanes of at least 4 members (excludes halogenated alkanes) is 42. The summed E-state index contributed by atoms with van der Waals surface area (Å²) in [7, 11) is 3.66. The predicted octanol–water partition coefficient (Wildman–Crippen LogP) is 17.1. The summed E-state index contributed by atoms with van der Waals surface area (Å²) < 4.78 is 23.7. The van der Waals surface area contributed by atoms with Gasteiger partial charge >= 0.3 is 17.9 Å². The van der Waals surface area contributed by atoms with E-state index >= 15 is 0 Å². The molecule has 1 unspecified atom stereocenters. The third kappa shape index (κ3) is 41.1. The highest BCUT2D eigenvalue weighted by molar-refractivity contribution is 5.71. The summed E-state index contributed by atoms with van der Waals surface area (Å²) in [6, 6.07) is 0. The van der Waals surface area contributed by atoms with E-state index in [9.17, 15) is 24.6 Å². The molecule has 73 heavy (non-hydrogen) atoms. The van der Waals surface area contributed by atoms with E-state index in [2.05, 4.69) is 20.8 Å². The Hall–Kier alpha value is -1.75. The fourth-order valence-corrected chi connectivity index (χ4v) is 10.6. The van der Waals surface area contributed by atoms with Gasteiger partial charge in [-0.2, -0.15) is 0 Å². The van der Waals surface area contributed by atoms with Crippen LogP contribution in [-0.2, 0) is 33.3 Å². The van der Waals surface area contributed by atoms with Crippen molar-refractivity contribution in [3.8, 4) is 0 Å². The minimum absolute atomic E-state index is 0.151. The van der Waals surface area contributed by atoms with Crippen molar-refractivity contribution in [2.75, 3.05) is 20.6 Å². The second-order valence-electron chi connectivity index (χ2n) is 22.8. The molecule has 6 atom stereocenters. The zero-order chi connectivity index (χ0) is 53.3. The van der Waals surface area contributed by atoms with Gasteiger partial charge in [-0.1, -0.05) is 290 Å². The molecule has 0 spiro atoms. The van der Waals surface area contributed by atoms with Gasteiger partial charge in [0.05, 0.1) is 0 Å². The molecule has 0 aromatic carbocycles. The lowest BCUT2D eigenvalue weighted by atomic mass is 9.94. The molecule has 1 heterocycles. The normalized spacial score (nSPS) is 18.3. The Morgan fingerprint density at radius 1 is 0.384 bits per heavy atom. The fourth-order valence-electron chi connectivity index (χ4n) is 10.6. The van der Waals surface area contributed by atoms with Crippen molar-refractivity contribution in [3.63, 3.8) is 0 Å². The Morgan fingerprint density at radius 3 is 0.904 bits per heavy atom. The van der Waals surface area contributed by atoms with Crippen LogP contribution in [0.15, 0.2) is 0 Å². The van der Waals surface area contributed by atoms with Crippen LogP contribution < -0.4 is 0 Å². The van der Waals surface area contributed by atoms with Gasteiger partial charge in [-0.05, 0) is 33.4 Å². The summed E-state index contributed by atoms with van der Waals surface area (Å²) in [5.74, 6) is -1.45. The van der Waals surface area contributed by atoms with Crippen LogP contribution >= 0.6 is 0 Å². The molecule has 10 nitrogen and oxygen atoms in total. The summed E-state index contributed by atoms with van der Waals surface area (Å²) >= 11 is 0. The van der Waals surface area contributed by atoms with Crippen LogP contribution in [0.3, 0.4) is 0 Å². The van der Waals surface area contributed by atoms with Gasteiger partial charge < -0.3 is 34.1 Å². The molecule has 2 N–H and O–H groups in total. The van der Waals surface area contributed by atoms with Crippen LogP contribution in [0.25, 0.3) is 0 Å². The van der Waals surface area contributed by atoms with E-state index < -0.39 is 54.7 Å². The number of rotatable bonds is 54. The first-order valence-electron chi connectivity index (χ1n) is 31.9. The van der Waals surface area contributed by atoms with Gasteiger partial charge in [-0.25, -0.2) is 0 Å². The molecule has 0 saturated carbocycles. The first-order chi connectivity index (χ1) is 35.6. The molecule has 432 valence electrons. The molecule has 1 saturated heterocycles. The average Bonchev–Trinajstić information content (AvgIpc) is 3.36. The van der Waals surface area contributed by atoms with E-state index in [1.165, 1.54) is 218 Å². The lowest BCUT2D eigenvalue weighted by Gasteiger charge is -2.44. The summed E-state index contributed by atoms with van der Waals surface area (Å²) in [5, 5.41) is 23.3. The van der Waals surface area contributed by atoms with Crippen molar-refractivity contribution in [1.29, 1.82) is 0 Å². The van der Waals surface area contributed by atoms with Crippen molar-refractivity contribution in [2.24, 2.45) is 0 Å². The monoisotopic (exact) mass is 1040 g/mol. The SMILES string of the molecule is CCCCCCCCCCCCCCCCCC(=O)OC(CN(C)C)[C@H]1O[C@@H](O)[C@H](OC(=O)CCCCCCCCCCCCCCCCC)[C@@H](OC(=O)CCCCCCCCCCCCCCCCC)[C@@H]1O. The molecule has 10 heteroatoms. The Bertz CT molecular complexity index is 1230. The van der Waals surface area contributed by atoms with Crippen LogP contribution in [0.4, 0.5) is 0 Å². The van der Waals surface area contributed by atoms with Gasteiger partial charge in [-0.3, -0.25) is 14.4 Å². The molecule has 0 aromatic heterocycles. The highest BCUT2D eigenvalue weighted by Crippen LogP contribution is 2.30. The van der Waals surface area contributed by atoms with Crippen molar-refractivity contribution >= 4 is 17.9 Å². The average molecular weight is 1040 g/mol. The van der Waals surface area contributed by atoms with Gasteiger partial charge in [0.15, 0.2) is 18.5 Å². The van der Waals surface area contributed by atoms with Crippen LogP contribution in [0.5, 0.6) is 0 Å². The second-order valence-corrected chi connectivity index (χ2v) is 22.8.